The van der Waals surface area contributed by atoms with Gasteiger partial charge in [-0.05, 0) is 26.0 Å². The molecule has 1 saturated heterocycles. The molecular weight excluding hydrogens is 218 g/mol. The molecule has 0 aliphatic carbocycles. The molecule has 0 radical (unpaired) electrons. The van der Waals surface area contributed by atoms with Crippen LogP contribution in [0.1, 0.15) is 13.8 Å². The van der Waals surface area contributed by atoms with Crippen molar-refractivity contribution in [2.75, 3.05) is 11.6 Å². The van der Waals surface area contributed by atoms with Crippen LogP contribution in [-0.4, -0.2) is 30.4 Å². The van der Waals surface area contributed by atoms with Crippen LogP contribution in [0, 0.1) is 0 Å². The number of anilines is 1. The third-order valence-electron chi connectivity index (χ3n) is 2.92. The first kappa shape index (κ1) is 11.8. The van der Waals surface area contributed by atoms with E-state index in [9.17, 15) is 9.59 Å². The van der Waals surface area contributed by atoms with Crippen molar-refractivity contribution in [2.45, 2.75) is 26.0 Å². The molecule has 1 aliphatic rings. The molecule has 0 spiro atoms. The monoisotopic (exact) mass is 233 g/mol. The van der Waals surface area contributed by atoms with Gasteiger partial charge in [-0.2, -0.15) is 0 Å². The van der Waals surface area contributed by atoms with Gasteiger partial charge in [0.05, 0.1) is 0 Å². The summed E-state index contributed by atoms with van der Waals surface area (Å²) in [6.45, 7) is 3.22. The molecule has 4 heteroatoms. The van der Waals surface area contributed by atoms with E-state index < -0.39 is 12.1 Å². The van der Waals surface area contributed by atoms with E-state index in [0.29, 0.717) is 0 Å². The van der Waals surface area contributed by atoms with Crippen molar-refractivity contribution < 1.29 is 14.3 Å². The van der Waals surface area contributed by atoms with Gasteiger partial charge in [0.2, 0.25) is 0 Å². The fraction of sp³-hybridized carbons (Fsp3) is 0.385. The molecule has 2 atom stereocenters. The number of ether oxygens (including phenoxy) is 1. The zero-order chi connectivity index (χ0) is 12.4. The topological polar surface area (TPSA) is 46.6 Å². The van der Waals surface area contributed by atoms with Gasteiger partial charge in [-0.3, -0.25) is 9.59 Å². The third kappa shape index (κ3) is 2.22. The van der Waals surface area contributed by atoms with Crippen LogP contribution in [0.5, 0.6) is 0 Å². The van der Waals surface area contributed by atoms with Gasteiger partial charge in [0.1, 0.15) is 18.9 Å². The number of Topliss-reactive ketones (excluding diaryl/α,β-unsaturated/α-hetero) is 2. The van der Waals surface area contributed by atoms with Gasteiger partial charge in [-0.25, -0.2) is 0 Å². The number of carbonyl (C=O) groups excluding carboxylic acids is 2. The van der Waals surface area contributed by atoms with Crippen LogP contribution in [0.2, 0.25) is 0 Å². The SMILES string of the molecule is CC(=O)[C@H]1OCN(c2ccccc2)[C@@H]1C(C)=O. The van der Waals surface area contributed by atoms with Crippen LogP contribution in [-0.2, 0) is 14.3 Å². The lowest BCUT2D eigenvalue weighted by Crippen LogP contribution is -2.43. The molecule has 0 unspecified atom stereocenters. The summed E-state index contributed by atoms with van der Waals surface area (Å²) in [4.78, 5) is 24.9. The Morgan fingerprint density at radius 2 is 1.82 bits per heavy atom. The number of carbonyl (C=O) groups is 2. The number of nitrogens with zero attached hydrogens (tertiary/aromatic N) is 1. The third-order valence-corrected chi connectivity index (χ3v) is 2.92. The van der Waals surface area contributed by atoms with E-state index in [2.05, 4.69) is 0 Å². The number of ketones is 2. The normalized spacial score (nSPS) is 23.8. The smallest absolute Gasteiger partial charge is 0.161 e. The van der Waals surface area contributed by atoms with E-state index in [1.54, 1.807) is 0 Å². The van der Waals surface area contributed by atoms with Crippen molar-refractivity contribution in [3.05, 3.63) is 30.3 Å². The fourth-order valence-corrected chi connectivity index (χ4v) is 2.12. The molecule has 0 saturated carbocycles. The molecule has 4 nitrogen and oxygen atoms in total. The highest BCUT2D eigenvalue weighted by Gasteiger charge is 2.41. The van der Waals surface area contributed by atoms with E-state index in [4.69, 9.17) is 4.74 Å². The maximum absolute atomic E-state index is 11.7. The van der Waals surface area contributed by atoms with Gasteiger partial charge in [0.25, 0.3) is 0 Å². The summed E-state index contributed by atoms with van der Waals surface area (Å²) in [5, 5.41) is 0. The Hall–Kier alpha value is -1.68. The van der Waals surface area contributed by atoms with Crippen LogP contribution in [0.4, 0.5) is 5.69 Å². The minimum atomic E-state index is -0.646. The summed E-state index contributed by atoms with van der Waals surface area (Å²) in [6, 6.07) is 9.01. The Morgan fingerprint density at radius 1 is 1.18 bits per heavy atom. The molecule has 2 rings (SSSR count). The lowest BCUT2D eigenvalue weighted by atomic mass is 10.0. The molecule has 1 heterocycles. The second-order valence-electron chi connectivity index (χ2n) is 4.19. The predicted octanol–water partition coefficient (Wildman–Crippen LogP) is 1.40. The highest BCUT2D eigenvalue weighted by molar-refractivity contribution is 5.94. The van der Waals surface area contributed by atoms with Gasteiger partial charge in [0, 0.05) is 5.69 Å². The summed E-state index contributed by atoms with van der Waals surface area (Å²) in [7, 11) is 0. The molecule has 0 aromatic heterocycles. The van der Waals surface area contributed by atoms with Gasteiger partial charge in [-0.1, -0.05) is 18.2 Å². The molecule has 0 N–H and O–H groups in total. The van der Waals surface area contributed by atoms with Crippen molar-refractivity contribution in [3.63, 3.8) is 0 Å². The Morgan fingerprint density at radius 3 is 2.35 bits per heavy atom. The first-order valence-corrected chi connectivity index (χ1v) is 5.55. The first-order valence-electron chi connectivity index (χ1n) is 5.55. The molecule has 90 valence electrons. The predicted molar refractivity (Wildman–Crippen MR) is 63.8 cm³/mol. The lowest BCUT2D eigenvalue weighted by Gasteiger charge is -2.24. The molecule has 1 aliphatic heterocycles. The first-order chi connectivity index (χ1) is 8.11. The second-order valence-corrected chi connectivity index (χ2v) is 4.19. The van der Waals surface area contributed by atoms with Crippen molar-refractivity contribution in [3.8, 4) is 0 Å². The lowest BCUT2D eigenvalue weighted by molar-refractivity contribution is -0.130. The van der Waals surface area contributed by atoms with E-state index in [1.807, 2.05) is 35.2 Å². The molecule has 1 aromatic rings. The van der Waals surface area contributed by atoms with E-state index in [0.717, 1.165) is 5.69 Å². The van der Waals surface area contributed by atoms with Crippen LogP contribution in [0.15, 0.2) is 30.3 Å². The molecule has 0 amide bonds. The quantitative estimate of drug-likeness (QED) is 0.791. The molecular formula is C13H15NO3. The number of benzene rings is 1. The number of hydrogen-bond acceptors (Lipinski definition) is 4. The van der Waals surface area contributed by atoms with Gasteiger partial charge in [-0.15, -0.1) is 0 Å². The number of rotatable bonds is 3. The minimum Gasteiger partial charge on any atom is -0.347 e. The van der Waals surface area contributed by atoms with Crippen molar-refractivity contribution in [1.82, 2.24) is 0 Å². The highest BCUT2D eigenvalue weighted by atomic mass is 16.5. The molecule has 17 heavy (non-hydrogen) atoms. The van der Waals surface area contributed by atoms with E-state index in [-0.39, 0.29) is 18.3 Å². The zero-order valence-corrected chi connectivity index (χ0v) is 9.92. The van der Waals surface area contributed by atoms with Crippen LogP contribution in [0.25, 0.3) is 0 Å². The summed E-state index contributed by atoms with van der Waals surface area (Å²) in [6.07, 6.45) is -0.646. The van der Waals surface area contributed by atoms with E-state index >= 15 is 0 Å². The summed E-state index contributed by atoms with van der Waals surface area (Å²) in [5.41, 5.74) is 0.899. The van der Waals surface area contributed by atoms with Crippen molar-refractivity contribution in [2.24, 2.45) is 0 Å². The Bertz CT molecular complexity index is 430. The van der Waals surface area contributed by atoms with Crippen LogP contribution >= 0.6 is 0 Å². The zero-order valence-electron chi connectivity index (χ0n) is 9.92. The Kier molecular flexibility index (Phi) is 3.24. The largest absolute Gasteiger partial charge is 0.347 e. The second kappa shape index (κ2) is 4.67. The molecule has 1 aromatic carbocycles. The number of para-hydroxylation sites is 1. The van der Waals surface area contributed by atoms with Crippen LogP contribution < -0.4 is 4.90 Å². The molecule has 1 fully saturated rings. The average Bonchev–Trinajstić information content (AvgIpc) is 2.74. The Labute approximate surface area is 100 Å². The Balaban J connectivity index is 2.30. The summed E-state index contributed by atoms with van der Waals surface area (Å²) < 4.78 is 5.41. The van der Waals surface area contributed by atoms with Gasteiger partial charge in [0.15, 0.2) is 11.6 Å². The van der Waals surface area contributed by atoms with Crippen LogP contribution in [0.3, 0.4) is 0 Å². The molecule has 0 bridgehead atoms. The van der Waals surface area contributed by atoms with Crippen molar-refractivity contribution in [1.29, 1.82) is 0 Å². The fourth-order valence-electron chi connectivity index (χ4n) is 2.12. The van der Waals surface area contributed by atoms with Crippen molar-refractivity contribution >= 4 is 17.3 Å². The minimum absolute atomic E-state index is 0.0495. The number of hydrogen-bond donors (Lipinski definition) is 0. The van der Waals surface area contributed by atoms with E-state index in [1.165, 1.54) is 13.8 Å². The van der Waals surface area contributed by atoms with Gasteiger partial charge < -0.3 is 9.64 Å². The van der Waals surface area contributed by atoms with Gasteiger partial charge >= 0.3 is 0 Å². The highest BCUT2D eigenvalue weighted by Crippen LogP contribution is 2.26. The maximum atomic E-state index is 11.7. The standard InChI is InChI=1S/C13H15NO3/c1-9(15)12-13(10(2)16)17-8-14(12)11-6-4-3-5-7-11/h3-7,12-13H,8H2,1-2H3/t12-,13-/m1/s1. The summed E-state index contributed by atoms with van der Waals surface area (Å²) in [5.74, 6) is -0.157. The average molecular weight is 233 g/mol. The maximum Gasteiger partial charge on any atom is 0.161 e. The summed E-state index contributed by atoms with van der Waals surface area (Å²) >= 11 is 0.